The molecule has 0 aliphatic heterocycles. The van der Waals surface area contributed by atoms with Crippen molar-refractivity contribution in [3.63, 3.8) is 0 Å². The summed E-state index contributed by atoms with van der Waals surface area (Å²) in [6, 6.07) is 16.5. The fraction of sp³-hybridized carbons (Fsp3) is 0.100. The molecule has 0 fully saturated rings. The van der Waals surface area contributed by atoms with Gasteiger partial charge in [0.2, 0.25) is 5.91 Å². The van der Waals surface area contributed by atoms with Gasteiger partial charge in [0.05, 0.1) is 5.57 Å². The summed E-state index contributed by atoms with van der Waals surface area (Å²) in [5.74, 6) is -2.21. The van der Waals surface area contributed by atoms with Crippen LogP contribution in [0.4, 0.5) is 0 Å². The van der Waals surface area contributed by atoms with E-state index in [4.69, 9.17) is 0 Å². The summed E-state index contributed by atoms with van der Waals surface area (Å²) >= 11 is 0. The Morgan fingerprint density at radius 2 is 1.28 bits per heavy atom. The largest absolute Gasteiger partial charge is 0.506 e. The third-order valence-corrected chi connectivity index (χ3v) is 3.39. The fourth-order valence-electron chi connectivity index (χ4n) is 2.27. The molecular formula is C20H17NO4. The molecule has 0 bridgehead atoms. The molecule has 0 aliphatic carbocycles. The number of carbonyl (C=O) groups is 3. The predicted molar refractivity (Wildman–Crippen MR) is 95.6 cm³/mol. The van der Waals surface area contributed by atoms with Gasteiger partial charge < -0.3 is 5.11 Å². The molecule has 0 heterocycles. The van der Waals surface area contributed by atoms with Gasteiger partial charge in [-0.3, -0.25) is 14.4 Å². The highest BCUT2D eigenvalue weighted by Crippen LogP contribution is 2.21. The summed E-state index contributed by atoms with van der Waals surface area (Å²) in [7, 11) is 0. The molecule has 0 radical (unpaired) electrons. The van der Waals surface area contributed by atoms with Crippen molar-refractivity contribution in [1.29, 1.82) is 0 Å². The van der Waals surface area contributed by atoms with E-state index < -0.39 is 23.2 Å². The Hall–Kier alpha value is -3.34. The molecule has 0 saturated heterocycles. The van der Waals surface area contributed by atoms with Crippen LogP contribution >= 0.6 is 0 Å². The van der Waals surface area contributed by atoms with Gasteiger partial charge in [-0.25, -0.2) is 4.99 Å². The van der Waals surface area contributed by atoms with Gasteiger partial charge in [-0.1, -0.05) is 60.7 Å². The third kappa shape index (κ3) is 4.35. The topological polar surface area (TPSA) is 83.8 Å². The Balaban J connectivity index is 2.74. The van der Waals surface area contributed by atoms with Crippen molar-refractivity contribution in [2.24, 2.45) is 4.99 Å². The number of aliphatic imine (C=N–C) groups is 1. The molecule has 2 aromatic carbocycles. The van der Waals surface area contributed by atoms with Crippen LogP contribution in [0.2, 0.25) is 0 Å². The zero-order valence-electron chi connectivity index (χ0n) is 13.9. The van der Waals surface area contributed by atoms with Crippen molar-refractivity contribution in [3.8, 4) is 0 Å². The van der Waals surface area contributed by atoms with Crippen molar-refractivity contribution in [2.75, 3.05) is 0 Å². The van der Waals surface area contributed by atoms with Crippen molar-refractivity contribution < 1.29 is 19.5 Å². The normalized spacial score (nSPS) is 12.3. The summed E-state index contributed by atoms with van der Waals surface area (Å²) in [6.45, 7) is 2.37. The van der Waals surface area contributed by atoms with Crippen LogP contribution in [0.25, 0.3) is 5.76 Å². The maximum Gasteiger partial charge on any atom is 0.243 e. The summed E-state index contributed by atoms with van der Waals surface area (Å²) < 4.78 is 0. The Labute approximate surface area is 145 Å². The van der Waals surface area contributed by atoms with Crippen LogP contribution in [0, 0.1) is 0 Å². The second-order valence-corrected chi connectivity index (χ2v) is 5.32. The fourth-order valence-corrected chi connectivity index (χ4v) is 2.27. The van der Waals surface area contributed by atoms with Crippen LogP contribution in [0.5, 0.6) is 0 Å². The van der Waals surface area contributed by atoms with E-state index in [0.29, 0.717) is 5.56 Å². The van der Waals surface area contributed by atoms with Gasteiger partial charge in [-0.15, -0.1) is 0 Å². The maximum atomic E-state index is 12.9. The SMILES string of the molecule is CC(=O)N=C(C(C)=O)/C(C(=O)c1ccccc1)=C(/O)c1ccccc1. The molecule has 25 heavy (non-hydrogen) atoms. The van der Waals surface area contributed by atoms with Crippen molar-refractivity contribution in [1.82, 2.24) is 0 Å². The summed E-state index contributed by atoms with van der Waals surface area (Å²) in [5.41, 5.74) is -0.0282. The van der Waals surface area contributed by atoms with Crippen molar-refractivity contribution >= 4 is 28.9 Å². The van der Waals surface area contributed by atoms with Gasteiger partial charge in [-0.2, -0.15) is 0 Å². The number of hydrogen-bond donors (Lipinski definition) is 1. The first-order valence-corrected chi connectivity index (χ1v) is 7.60. The second kappa shape index (κ2) is 7.97. The number of aliphatic hydroxyl groups is 1. The average Bonchev–Trinajstić information content (AvgIpc) is 2.62. The Bertz CT molecular complexity index is 865. The van der Waals surface area contributed by atoms with E-state index in [-0.39, 0.29) is 16.8 Å². The number of hydrogen-bond acceptors (Lipinski definition) is 4. The molecule has 1 amide bonds. The van der Waals surface area contributed by atoms with Crippen LogP contribution in [0.3, 0.4) is 0 Å². The first kappa shape index (κ1) is 18.0. The second-order valence-electron chi connectivity index (χ2n) is 5.32. The van der Waals surface area contributed by atoms with Crippen LogP contribution in [0.15, 0.2) is 71.2 Å². The minimum Gasteiger partial charge on any atom is -0.506 e. The lowest BCUT2D eigenvalue weighted by Gasteiger charge is -2.11. The molecule has 2 aromatic rings. The van der Waals surface area contributed by atoms with Crippen LogP contribution in [0.1, 0.15) is 29.8 Å². The van der Waals surface area contributed by atoms with E-state index in [1.165, 1.54) is 13.8 Å². The van der Waals surface area contributed by atoms with Gasteiger partial charge in [0.25, 0.3) is 0 Å². The van der Waals surface area contributed by atoms with E-state index in [1.807, 2.05) is 0 Å². The Morgan fingerprint density at radius 3 is 1.72 bits per heavy atom. The van der Waals surface area contributed by atoms with E-state index in [9.17, 15) is 19.5 Å². The highest BCUT2D eigenvalue weighted by Gasteiger charge is 2.26. The zero-order valence-corrected chi connectivity index (χ0v) is 13.9. The van der Waals surface area contributed by atoms with Gasteiger partial charge in [0.15, 0.2) is 11.6 Å². The molecule has 0 saturated carbocycles. The number of nitrogens with zero attached hydrogens (tertiary/aromatic N) is 1. The standard InChI is InChI=1S/C20H17NO4/c1-13(22)18(21-14(2)23)17(19(24)15-9-5-3-6-10-15)20(25)16-11-7-4-8-12-16/h3-12,24H,1-2H3/b19-17-,21-18?. The third-order valence-electron chi connectivity index (χ3n) is 3.39. The number of aliphatic hydroxyl groups excluding tert-OH is 1. The first-order valence-electron chi connectivity index (χ1n) is 7.60. The van der Waals surface area contributed by atoms with Crippen LogP contribution < -0.4 is 0 Å². The lowest BCUT2D eigenvalue weighted by molar-refractivity contribution is -0.116. The molecule has 2 rings (SSSR count). The molecule has 0 aliphatic rings. The molecule has 0 spiro atoms. The Kier molecular flexibility index (Phi) is 5.74. The van der Waals surface area contributed by atoms with E-state index >= 15 is 0 Å². The van der Waals surface area contributed by atoms with E-state index in [0.717, 1.165) is 0 Å². The van der Waals surface area contributed by atoms with Crippen molar-refractivity contribution in [3.05, 3.63) is 77.4 Å². The summed E-state index contributed by atoms with van der Waals surface area (Å²) in [4.78, 5) is 40.0. The predicted octanol–water partition coefficient (Wildman–Crippen LogP) is 3.42. The molecule has 5 nitrogen and oxygen atoms in total. The molecule has 0 unspecified atom stereocenters. The highest BCUT2D eigenvalue weighted by atomic mass is 16.3. The summed E-state index contributed by atoms with van der Waals surface area (Å²) in [6.07, 6.45) is 0. The van der Waals surface area contributed by atoms with Gasteiger partial charge in [0, 0.05) is 25.0 Å². The molecule has 0 atom stereocenters. The number of Topliss-reactive ketones (excluding diaryl/α,β-unsaturated/α-hetero) is 2. The molecule has 0 aromatic heterocycles. The molecule has 126 valence electrons. The Morgan fingerprint density at radius 1 is 0.800 bits per heavy atom. The van der Waals surface area contributed by atoms with Crippen LogP contribution in [-0.2, 0) is 9.59 Å². The smallest absolute Gasteiger partial charge is 0.243 e. The zero-order chi connectivity index (χ0) is 18.4. The van der Waals surface area contributed by atoms with Gasteiger partial charge >= 0.3 is 0 Å². The average molecular weight is 335 g/mol. The maximum absolute atomic E-state index is 12.9. The highest BCUT2D eigenvalue weighted by molar-refractivity contribution is 6.55. The van der Waals surface area contributed by atoms with E-state index in [1.54, 1.807) is 60.7 Å². The number of amides is 1. The monoisotopic (exact) mass is 335 g/mol. The van der Waals surface area contributed by atoms with Gasteiger partial charge in [-0.05, 0) is 0 Å². The van der Waals surface area contributed by atoms with Crippen LogP contribution in [-0.4, -0.2) is 28.3 Å². The lowest BCUT2D eigenvalue weighted by atomic mass is 9.94. The number of benzene rings is 2. The molecule has 5 heteroatoms. The quantitative estimate of drug-likeness (QED) is 0.393. The van der Waals surface area contributed by atoms with Crippen molar-refractivity contribution in [2.45, 2.75) is 13.8 Å². The molecule has 1 N–H and O–H groups in total. The van der Waals surface area contributed by atoms with E-state index in [2.05, 4.69) is 4.99 Å². The van der Waals surface area contributed by atoms with Gasteiger partial charge in [0.1, 0.15) is 11.5 Å². The number of carbonyl (C=O) groups excluding carboxylic acids is 3. The minimum atomic E-state index is -0.635. The molecular weight excluding hydrogens is 318 g/mol. The number of allylic oxidation sites excluding steroid dienone is 1. The minimum absolute atomic E-state index is 0.275. The lowest BCUT2D eigenvalue weighted by Crippen LogP contribution is -2.23. The number of ketones is 2. The first-order chi connectivity index (χ1) is 11.9. The summed E-state index contributed by atoms with van der Waals surface area (Å²) in [5, 5.41) is 10.7. The number of rotatable bonds is 5.